The monoisotopic (exact) mass is 264 g/mol. The fourth-order valence-electron chi connectivity index (χ4n) is 2.04. The van der Waals surface area contributed by atoms with Gasteiger partial charge in [-0.15, -0.1) is 0 Å². The predicted octanol–water partition coefficient (Wildman–Crippen LogP) is 3.07. The van der Waals surface area contributed by atoms with Gasteiger partial charge in [0, 0.05) is 24.5 Å². The molecule has 0 radical (unpaired) electrons. The van der Waals surface area contributed by atoms with Gasteiger partial charge in [-0.05, 0) is 38.0 Å². The van der Waals surface area contributed by atoms with Gasteiger partial charge in [0.1, 0.15) is 0 Å². The zero-order chi connectivity index (χ0) is 14.3. The lowest BCUT2D eigenvalue weighted by Gasteiger charge is -2.24. The highest BCUT2D eigenvalue weighted by Crippen LogP contribution is 2.22. The summed E-state index contributed by atoms with van der Waals surface area (Å²) in [5, 5.41) is 0. The van der Waals surface area contributed by atoms with E-state index < -0.39 is 0 Å². The van der Waals surface area contributed by atoms with Gasteiger partial charge in [0.05, 0.1) is 12.2 Å². The first-order valence-corrected chi connectivity index (χ1v) is 6.95. The smallest absolute Gasteiger partial charge is 0.340 e. The average Bonchev–Trinajstić information content (AvgIpc) is 2.39. The largest absolute Gasteiger partial charge is 0.462 e. The van der Waals surface area contributed by atoms with Crippen LogP contribution in [0.5, 0.6) is 0 Å². The molecule has 0 unspecified atom stereocenters. The number of carbonyl (C=O) groups is 1. The number of nitrogens with two attached hydrogens (primary N) is 1. The fraction of sp³-hybridized carbons (Fsp3) is 0.533. The number of nitrogen functional groups attached to an aromatic ring is 1. The van der Waals surface area contributed by atoms with Crippen molar-refractivity contribution in [2.45, 2.75) is 33.6 Å². The minimum atomic E-state index is -0.352. The highest BCUT2D eigenvalue weighted by atomic mass is 16.5. The Balaban J connectivity index is 3.01. The molecule has 0 amide bonds. The van der Waals surface area contributed by atoms with E-state index in [-0.39, 0.29) is 5.97 Å². The molecule has 1 aromatic rings. The minimum absolute atomic E-state index is 0.352. The fourth-order valence-corrected chi connectivity index (χ4v) is 2.04. The number of carbonyl (C=O) groups excluding carboxylic acids is 1. The van der Waals surface area contributed by atoms with Crippen LogP contribution in [0.1, 0.15) is 44.0 Å². The van der Waals surface area contributed by atoms with Crippen molar-refractivity contribution in [2.24, 2.45) is 0 Å². The predicted molar refractivity (Wildman–Crippen MR) is 79.6 cm³/mol. The summed E-state index contributed by atoms with van der Waals surface area (Å²) in [7, 11) is 0. The number of hydrogen-bond acceptors (Lipinski definition) is 4. The maximum atomic E-state index is 11.8. The molecule has 0 fully saturated rings. The molecule has 4 heteroatoms. The van der Waals surface area contributed by atoms with Crippen molar-refractivity contribution >= 4 is 17.3 Å². The Kier molecular flexibility index (Phi) is 6.19. The molecule has 0 saturated carbocycles. The van der Waals surface area contributed by atoms with Gasteiger partial charge >= 0.3 is 5.97 Å². The second kappa shape index (κ2) is 7.67. The van der Waals surface area contributed by atoms with Gasteiger partial charge in [-0.3, -0.25) is 0 Å². The van der Waals surface area contributed by atoms with Crippen LogP contribution in [0.4, 0.5) is 11.4 Å². The first-order valence-electron chi connectivity index (χ1n) is 6.95. The normalized spacial score (nSPS) is 10.3. The van der Waals surface area contributed by atoms with E-state index in [0.29, 0.717) is 17.9 Å². The van der Waals surface area contributed by atoms with Crippen molar-refractivity contribution in [2.75, 3.05) is 30.3 Å². The number of hydrogen-bond donors (Lipinski definition) is 1. The SMILES string of the molecule is CCCN(CCC)c1ccc(N)c(C(=O)OCC)c1. The molecular formula is C15H24N2O2. The molecule has 0 aliphatic heterocycles. The molecule has 0 aliphatic rings. The van der Waals surface area contributed by atoms with E-state index in [9.17, 15) is 4.79 Å². The van der Waals surface area contributed by atoms with Crippen LogP contribution in [0.3, 0.4) is 0 Å². The number of nitrogens with zero attached hydrogens (tertiary/aromatic N) is 1. The molecule has 0 spiro atoms. The van der Waals surface area contributed by atoms with Crippen molar-refractivity contribution in [3.05, 3.63) is 23.8 Å². The van der Waals surface area contributed by atoms with E-state index in [2.05, 4.69) is 18.7 Å². The van der Waals surface area contributed by atoms with Crippen molar-refractivity contribution in [3.63, 3.8) is 0 Å². The topological polar surface area (TPSA) is 55.6 Å². The standard InChI is InChI=1S/C15H24N2O2/c1-4-9-17(10-5-2)12-7-8-14(16)13(11-12)15(18)19-6-3/h7-8,11H,4-6,9-10,16H2,1-3H3. The van der Waals surface area contributed by atoms with E-state index in [4.69, 9.17) is 10.5 Å². The molecule has 1 aromatic carbocycles. The maximum absolute atomic E-state index is 11.8. The Morgan fingerprint density at radius 1 is 1.21 bits per heavy atom. The van der Waals surface area contributed by atoms with Crippen LogP contribution in [0.15, 0.2) is 18.2 Å². The molecule has 0 bridgehead atoms. The van der Waals surface area contributed by atoms with Crippen molar-refractivity contribution in [1.29, 1.82) is 0 Å². The molecule has 106 valence electrons. The van der Waals surface area contributed by atoms with Gasteiger partial charge in [0.25, 0.3) is 0 Å². The lowest BCUT2D eigenvalue weighted by atomic mass is 10.1. The van der Waals surface area contributed by atoms with Crippen LogP contribution in [-0.4, -0.2) is 25.7 Å². The Bertz CT molecular complexity index is 413. The second-order valence-electron chi connectivity index (χ2n) is 4.48. The Labute approximate surface area is 115 Å². The Morgan fingerprint density at radius 3 is 2.37 bits per heavy atom. The van der Waals surface area contributed by atoms with E-state index >= 15 is 0 Å². The summed E-state index contributed by atoms with van der Waals surface area (Å²) in [6.07, 6.45) is 2.14. The van der Waals surface area contributed by atoms with Gasteiger partial charge in [-0.2, -0.15) is 0 Å². The van der Waals surface area contributed by atoms with Gasteiger partial charge in [0.15, 0.2) is 0 Å². The van der Waals surface area contributed by atoms with Crippen LogP contribution in [0.2, 0.25) is 0 Å². The maximum Gasteiger partial charge on any atom is 0.340 e. The molecular weight excluding hydrogens is 240 g/mol. The zero-order valence-electron chi connectivity index (χ0n) is 12.1. The summed E-state index contributed by atoms with van der Waals surface area (Å²) in [5.74, 6) is -0.352. The molecule has 4 nitrogen and oxygen atoms in total. The van der Waals surface area contributed by atoms with Crippen molar-refractivity contribution in [3.8, 4) is 0 Å². The molecule has 0 aliphatic carbocycles. The summed E-state index contributed by atoms with van der Waals surface area (Å²) in [6.45, 7) is 8.38. The molecule has 2 N–H and O–H groups in total. The van der Waals surface area contributed by atoms with Crippen molar-refractivity contribution in [1.82, 2.24) is 0 Å². The van der Waals surface area contributed by atoms with Crippen LogP contribution < -0.4 is 10.6 Å². The summed E-state index contributed by atoms with van der Waals surface area (Å²) < 4.78 is 5.03. The summed E-state index contributed by atoms with van der Waals surface area (Å²) in [6, 6.07) is 5.57. The molecule has 0 saturated heterocycles. The average molecular weight is 264 g/mol. The van der Waals surface area contributed by atoms with E-state index in [1.165, 1.54) is 0 Å². The summed E-state index contributed by atoms with van der Waals surface area (Å²) in [4.78, 5) is 14.1. The number of anilines is 2. The highest BCUT2D eigenvalue weighted by molar-refractivity contribution is 5.96. The van der Waals surface area contributed by atoms with E-state index in [1.54, 1.807) is 13.0 Å². The summed E-state index contributed by atoms with van der Waals surface area (Å²) >= 11 is 0. The lowest BCUT2D eigenvalue weighted by Crippen LogP contribution is -2.25. The Morgan fingerprint density at radius 2 is 1.84 bits per heavy atom. The van der Waals surface area contributed by atoms with Crippen LogP contribution in [-0.2, 0) is 4.74 Å². The summed E-state index contributed by atoms with van der Waals surface area (Å²) in [5.41, 5.74) is 7.80. The number of ether oxygens (including phenoxy) is 1. The lowest BCUT2D eigenvalue weighted by molar-refractivity contribution is 0.0527. The van der Waals surface area contributed by atoms with E-state index in [0.717, 1.165) is 31.6 Å². The highest BCUT2D eigenvalue weighted by Gasteiger charge is 2.14. The number of esters is 1. The first-order chi connectivity index (χ1) is 9.13. The zero-order valence-corrected chi connectivity index (χ0v) is 12.1. The van der Waals surface area contributed by atoms with Crippen LogP contribution >= 0.6 is 0 Å². The van der Waals surface area contributed by atoms with Gasteiger partial charge in [-0.25, -0.2) is 4.79 Å². The molecule has 19 heavy (non-hydrogen) atoms. The van der Waals surface area contributed by atoms with Crippen molar-refractivity contribution < 1.29 is 9.53 Å². The second-order valence-corrected chi connectivity index (χ2v) is 4.48. The van der Waals surface area contributed by atoms with Gasteiger partial charge in [0.2, 0.25) is 0 Å². The molecule has 0 heterocycles. The quantitative estimate of drug-likeness (QED) is 0.607. The van der Waals surface area contributed by atoms with Crippen LogP contribution in [0.25, 0.3) is 0 Å². The minimum Gasteiger partial charge on any atom is -0.462 e. The Hall–Kier alpha value is -1.71. The third kappa shape index (κ3) is 4.16. The van der Waals surface area contributed by atoms with E-state index in [1.807, 2.05) is 12.1 Å². The first kappa shape index (κ1) is 15.3. The third-order valence-corrected chi connectivity index (χ3v) is 2.88. The van der Waals surface area contributed by atoms with Crippen LogP contribution in [0, 0.1) is 0 Å². The number of benzene rings is 1. The molecule has 1 rings (SSSR count). The molecule has 0 atom stereocenters. The van der Waals surface area contributed by atoms with Gasteiger partial charge < -0.3 is 15.4 Å². The van der Waals surface area contributed by atoms with Gasteiger partial charge in [-0.1, -0.05) is 13.8 Å². The number of rotatable bonds is 7. The molecule has 0 aromatic heterocycles. The third-order valence-electron chi connectivity index (χ3n) is 2.88.